The number of nitrogens with zero attached hydrogens (tertiary/aromatic N) is 3. The number of thiophene rings is 1. The van der Waals surface area contributed by atoms with E-state index in [1.54, 1.807) is 11.3 Å². The first-order valence-corrected chi connectivity index (χ1v) is 9.68. The molecule has 3 aromatic rings. The Hall–Kier alpha value is -2.41. The molecule has 0 aliphatic rings. The SMILES string of the molecule is CCC[C@H](NC(=O)c1noc(C)c1Cn1nc(C)cc1C)c1cccs1. The summed E-state index contributed by atoms with van der Waals surface area (Å²) < 4.78 is 7.19. The van der Waals surface area contributed by atoms with Crippen LogP contribution < -0.4 is 5.32 Å². The maximum Gasteiger partial charge on any atom is 0.274 e. The van der Waals surface area contributed by atoms with Crippen molar-refractivity contribution in [3.05, 3.63) is 56.9 Å². The van der Waals surface area contributed by atoms with E-state index in [-0.39, 0.29) is 11.9 Å². The first kappa shape index (κ1) is 18.4. The maximum atomic E-state index is 12.9. The van der Waals surface area contributed by atoms with Crippen molar-refractivity contribution in [3.8, 4) is 0 Å². The summed E-state index contributed by atoms with van der Waals surface area (Å²) in [5, 5.41) is 13.6. The van der Waals surface area contributed by atoms with Gasteiger partial charge in [0.2, 0.25) is 0 Å². The van der Waals surface area contributed by atoms with Gasteiger partial charge in [0.05, 0.1) is 18.3 Å². The van der Waals surface area contributed by atoms with Crippen molar-refractivity contribution in [2.45, 2.75) is 53.1 Å². The molecule has 0 unspecified atom stereocenters. The van der Waals surface area contributed by atoms with Crippen molar-refractivity contribution in [1.82, 2.24) is 20.3 Å². The molecule has 3 rings (SSSR count). The molecule has 0 aliphatic heterocycles. The molecule has 0 aliphatic carbocycles. The van der Waals surface area contributed by atoms with Crippen LogP contribution in [0.15, 0.2) is 28.1 Å². The van der Waals surface area contributed by atoms with Crippen LogP contribution in [0.1, 0.15) is 63.9 Å². The maximum absolute atomic E-state index is 12.9. The third kappa shape index (κ3) is 3.88. The molecule has 6 nitrogen and oxygen atoms in total. The third-order valence-electron chi connectivity index (χ3n) is 4.38. The Balaban J connectivity index is 1.82. The highest BCUT2D eigenvalue weighted by molar-refractivity contribution is 7.10. The second kappa shape index (κ2) is 7.86. The number of nitrogens with one attached hydrogen (secondary N) is 1. The number of rotatable bonds is 7. The number of aryl methyl sites for hydroxylation is 3. The summed E-state index contributed by atoms with van der Waals surface area (Å²) in [5.74, 6) is 0.441. The van der Waals surface area contributed by atoms with Gasteiger partial charge >= 0.3 is 0 Å². The molecule has 7 heteroatoms. The van der Waals surface area contributed by atoms with Crippen LogP contribution in [-0.4, -0.2) is 20.8 Å². The van der Waals surface area contributed by atoms with Gasteiger partial charge in [-0.15, -0.1) is 11.3 Å². The van der Waals surface area contributed by atoms with Crippen LogP contribution in [-0.2, 0) is 6.54 Å². The van der Waals surface area contributed by atoms with E-state index in [1.807, 2.05) is 43.0 Å². The predicted molar refractivity (Wildman–Crippen MR) is 101 cm³/mol. The summed E-state index contributed by atoms with van der Waals surface area (Å²) in [7, 11) is 0. The number of carbonyl (C=O) groups is 1. The number of hydrogen-bond acceptors (Lipinski definition) is 5. The van der Waals surface area contributed by atoms with Crippen molar-refractivity contribution in [3.63, 3.8) is 0 Å². The Bertz CT molecular complexity index is 880. The normalized spacial score (nSPS) is 12.3. The van der Waals surface area contributed by atoms with E-state index >= 15 is 0 Å². The first-order chi connectivity index (χ1) is 12.5. The molecule has 1 N–H and O–H groups in total. The molecule has 26 heavy (non-hydrogen) atoms. The minimum absolute atomic E-state index is 0.00830. The highest BCUT2D eigenvalue weighted by Crippen LogP contribution is 2.24. The number of amides is 1. The standard InChI is InChI=1S/C19H24N4O2S/c1-5-7-16(17-8-6-9-26-17)20-19(24)18-15(14(4)25-22-18)11-23-13(3)10-12(2)21-23/h6,8-10,16H,5,7,11H2,1-4H3,(H,20,24)/t16-/m0/s1. The monoisotopic (exact) mass is 372 g/mol. The van der Waals surface area contributed by atoms with Gasteiger partial charge in [-0.3, -0.25) is 9.48 Å². The van der Waals surface area contributed by atoms with Crippen molar-refractivity contribution in [2.75, 3.05) is 0 Å². The molecule has 0 saturated heterocycles. The van der Waals surface area contributed by atoms with Gasteiger partial charge in [-0.25, -0.2) is 0 Å². The van der Waals surface area contributed by atoms with E-state index in [4.69, 9.17) is 4.52 Å². The molecule has 138 valence electrons. The molecule has 3 aromatic heterocycles. The molecular weight excluding hydrogens is 348 g/mol. The van der Waals surface area contributed by atoms with Crippen molar-refractivity contribution < 1.29 is 9.32 Å². The molecular formula is C19H24N4O2S. The quantitative estimate of drug-likeness (QED) is 0.675. The van der Waals surface area contributed by atoms with E-state index in [1.165, 1.54) is 0 Å². The highest BCUT2D eigenvalue weighted by atomic mass is 32.1. The summed E-state index contributed by atoms with van der Waals surface area (Å²) in [5.41, 5.74) is 3.10. The number of hydrogen-bond donors (Lipinski definition) is 1. The zero-order valence-electron chi connectivity index (χ0n) is 15.6. The fourth-order valence-electron chi connectivity index (χ4n) is 3.03. The average molecular weight is 372 g/mol. The fraction of sp³-hybridized carbons (Fsp3) is 0.421. The van der Waals surface area contributed by atoms with Crippen LogP contribution in [0.2, 0.25) is 0 Å². The lowest BCUT2D eigenvalue weighted by Crippen LogP contribution is -2.29. The summed E-state index contributed by atoms with van der Waals surface area (Å²) in [6.07, 6.45) is 1.87. The lowest BCUT2D eigenvalue weighted by molar-refractivity contribution is 0.0925. The van der Waals surface area contributed by atoms with Crippen LogP contribution in [0, 0.1) is 20.8 Å². The summed E-state index contributed by atoms with van der Waals surface area (Å²) in [6.45, 7) is 8.36. The van der Waals surface area contributed by atoms with Gasteiger partial charge in [0.1, 0.15) is 5.76 Å². The van der Waals surface area contributed by atoms with Crippen molar-refractivity contribution >= 4 is 17.2 Å². The van der Waals surface area contributed by atoms with E-state index in [9.17, 15) is 4.79 Å². The highest BCUT2D eigenvalue weighted by Gasteiger charge is 2.24. The van der Waals surface area contributed by atoms with E-state index in [0.29, 0.717) is 18.0 Å². The topological polar surface area (TPSA) is 73.0 Å². The van der Waals surface area contributed by atoms with E-state index < -0.39 is 0 Å². The molecule has 1 amide bonds. The second-order valence-electron chi connectivity index (χ2n) is 6.48. The Morgan fingerprint density at radius 2 is 2.19 bits per heavy atom. The first-order valence-electron chi connectivity index (χ1n) is 8.80. The van der Waals surface area contributed by atoms with Crippen LogP contribution >= 0.6 is 11.3 Å². The molecule has 0 saturated carbocycles. The van der Waals surface area contributed by atoms with E-state index in [0.717, 1.165) is 34.7 Å². The van der Waals surface area contributed by atoms with Crippen LogP contribution in [0.5, 0.6) is 0 Å². The Labute approximate surface area is 157 Å². The minimum Gasteiger partial charge on any atom is -0.361 e. The van der Waals surface area contributed by atoms with E-state index in [2.05, 4.69) is 28.6 Å². The summed E-state index contributed by atoms with van der Waals surface area (Å²) in [6, 6.07) is 6.06. The Morgan fingerprint density at radius 1 is 1.38 bits per heavy atom. The molecule has 3 heterocycles. The second-order valence-corrected chi connectivity index (χ2v) is 7.46. The van der Waals surface area contributed by atoms with Crippen LogP contribution in [0.3, 0.4) is 0 Å². The molecule has 1 atom stereocenters. The zero-order valence-corrected chi connectivity index (χ0v) is 16.4. The van der Waals surface area contributed by atoms with Crippen LogP contribution in [0.25, 0.3) is 0 Å². The average Bonchev–Trinajstić information content (AvgIpc) is 3.30. The molecule has 0 radical (unpaired) electrons. The Kier molecular flexibility index (Phi) is 5.56. The smallest absolute Gasteiger partial charge is 0.274 e. The lowest BCUT2D eigenvalue weighted by Gasteiger charge is -2.16. The molecule has 0 fully saturated rings. The van der Waals surface area contributed by atoms with Crippen molar-refractivity contribution in [1.29, 1.82) is 0 Å². The van der Waals surface area contributed by atoms with Gasteiger partial charge in [-0.2, -0.15) is 5.10 Å². The predicted octanol–water partition coefficient (Wildman–Crippen LogP) is 4.18. The Morgan fingerprint density at radius 3 is 2.81 bits per heavy atom. The minimum atomic E-state index is -0.203. The summed E-state index contributed by atoms with van der Waals surface area (Å²) >= 11 is 1.65. The van der Waals surface area contributed by atoms with Crippen LogP contribution in [0.4, 0.5) is 0 Å². The van der Waals surface area contributed by atoms with Gasteiger partial charge in [0.25, 0.3) is 5.91 Å². The molecule has 0 aromatic carbocycles. The largest absolute Gasteiger partial charge is 0.361 e. The van der Waals surface area contributed by atoms with Gasteiger partial charge in [0.15, 0.2) is 5.69 Å². The zero-order chi connectivity index (χ0) is 18.7. The number of carbonyl (C=O) groups excluding carboxylic acids is 1. The van der Waals surface area contributed by atoms with Gasteiger partial charge in [-0.05, 0) is 44.7 Å². The molecule has 0 bridgehead atoms. The van der Waals surface area contributed by atoms with Gasteiger partial charge in [0, 0.05) is 16.1 Å². The lowest BCUT2D eigenvalue weighted by atomic mass is 10.1. The third-order valence-corrected chi connectivity index (χ3v) is 5.37. The van der Waals surface area contributed by atoms with Gasteiger partial charge < -0.3 is 9.84 Å². The number of aromatic nitrogens is 3. The van der Waals surface area contributed by atoms with Crippen molar-refractivity contribution in [2.24, 2.45) is 0 Å². The molecule has 0 spiro atoms. The van der Waals surface area contributed by atoms with Gasteiger partial charge in [-0.1, -0.05) is 24.6 Å². The summed E-state index contributed by atoms with van der Waals surface area (Å²) in [4.78, 5) is 14.0. The fourth-order valence-corrected chi connectivity index (χ4v) is 3.84.